The summed E-state index contributed by atoms with van der Waals surface area (Å²) in [5.41, 5.74) is 4.55. The number of likely N-dealkylation sites (N-methyl/N-ethyl adjacent to an activating group) is 1. The highest BCUT2D eigenvalue weighted by molar-refractivity contribution is 5.96. The van der Waals surface area contributed by atoms with Gasteiger partial charge in [0.25, 0.3) is 11.8 Å². The van der Waals surface area contributed by atoms with Crippen molar-refractivity contribution in [3.8, 4) is 16.9 Å². The summed E-state index contributed by atoms with van der Waals surface area (Å²) in [6.45, 7) is 1.34. The van der Waals surface area contributed by atoms with Gasteiger partial charge >= 0.3 is 0 Å². The predicted octanol–water partition coefficient (Wildman–Crippen LogP) is 4.42. The number of nitrogens with zero attached hydrogens (tertiary/aromatic N) is 3. The molecule has 2 N–H and O–H groups in total. The van der Waals surface area contributed by atoms with Gasteiger partial charge in [0, 0.05) is 43.2 Å². The molecule has 3 aromatic carbocycles. The minimum atomic E-state index is -0.677. The number of aliphatic hydroxyl groups excluding tert-OH is 1. The van der Waals surface area contributed by atoms with E-state index in [2.05, 4.69) is 10.3 Å². The minimum Gasteiger partial charge on any atom is -0.497 e. The monoisotopic (exact) mass is 552 g/mol. The van der Waals surface area contributed by atoms with Gasteiger partial charge in [-0.25, -0.2) is 0 Å². The Balaban J connectivity index is 1.49. The second kappa shape index (κ2) is 14.2. The van der Waals surface area contributed by atoms with E-state index in [1.807, 2.05) is 67.5 Å². The number of aliphatic hydroxyl groups is 1. The highest BCUT2D eigenvalue weighted by Crippen LogP contribution is 2.21. The zero-order chi connectivity index (χ0) is 29.2. The van der Waals surface area contributed by atoms with Crippen LogP contribution in [0.2, 0.25) is 0 Å². The first-order valence-corrected chi connectivity index (χ1v) is 13.5. The molecule has 0 spiro atoms. The van der Waals surface area contributed by atoms with Crippen molar-refractivity contribution >= 4 is 11.8 Å². The van der Waals surface area contributed by atoms with E-state index in [9.17, 15) is 14.7 Å². The van der Waals surface area contributed by atoms with E-state index < -0.39 is 6.04 Å². The van der Waals surface area contributed by atoms with Crippen LogP contribution in [0, 0.1) is 0 Å². The van der Waals surface area contributed by atoms with Crippen LogP contribution in [-0.2, 0) is 6.54 Å². The van der Waals surface area contributed by atoms with Crippen LogP contribution < -0.4 is 10.1 Å². The van der Waals surface area contributed by atoms with Crippen LogP contribution in [-0.4, -0.2) is 72.6 Å². The standard InChI is InChI=1S/C33H36N4O4/c1-36(2)18-19-37(22-24-6-4-9-30(20-24)41-3)33(40)29-8-5-7-28(21-29)31(23-38)35-32(39)27-12-10-25(11-13-27)26-14-16-34-17-15-26/h4-17,20-21,31,38H,18-19,22-23H2,1-3H3,(H,35,39)/t31-/m1/s1. The molecule has 212 valence electrons. The minimum absolute atomic E-state index is 0.133. The van der Waals surface area contributed by atoms with Crippen LogP contribution >= 0.6 is 0 Å². The van der Waals surface area contributed by atoms with Gasteiger partial charge in [0.15, 0.2) is 0 Å². The van der Waals surface area contributed by atoms with E-state index in [1.165, 1.54) is 0 Å². The van der Waals surface area contributed by atoms with E-state index in [1.54, 1.807) is 60.8 Å². The van der Waals surface area contributed by atoms with Gasteiger partial charge in [-0.15, -0.1) is 0 Å². The van der Waals surface area contributed by atoms with Crippen LogP contribution in [0.3, 0.4) is 0 Å². The molecule has 1 heterocycles. The van der Waals surface area contributed by atoms with Crippen molar-refractivity contribution in [2.24, 2.45) is 0 Å². The number of aromatic nitrogens is 1. The number of hydrogen-bond acceptors (Lipinski definition) is 6. The van der Waals surface area contributed by atoms with Gasteiger partial charge < -0.3 is 25.0 Å². The van der Waals surface area contributed by atoms with Gasteiger partial charge in [-0.3, -0.25) is 14.6 Å². The molecular weight excluding hydrogens is 516 g/mol. The zero-order valence-corrected chi connectivity index (χ0v) is 23.7. The van der Waals surface area contributed by atoms with Crippen LogP contribution in [0.1, 0.15) is 37.9 Å². The number of pyridine rings is 1. The fraction of sp³-hybridized carbons (Fsp3) is 0.242. The third-order valence-corrected chi connectivity index (χ3v) is 6.80. The van der Waals surface area contributed by atoms with Crippen molar-refractivity contribution in [2.45, 2.75) is 12.6 Å². The first-order valence-electron chi connectivity index (χ1n) is 13.5. The van der Waals surface area contributed by atoms with Crippen molar-refractivity contribution < 1.29 is 19.4 Å². The number of benzene rings is 3. The van der Waals surface area contributed by atoms with Gasteiger partial charge in [-0.2, -0.15) is 0 Å². The summed E-state index contributed by atoms with van der Waals surface area (Å²) in [5, 5.41) is 13.1. The van der Waals surface area contributed by atoms with Crippen molar-refractivity contribution in [1.29, 1.82) is 0 Å². The molecule has 0 bridgehead atoms. The summed E-state index contributed by atoms with van der Waals surface area (Å²) in [4.78, 5) is 34.6. The molecule has 0 unspecified atom stereocenters. The molecule has 0 aliphatic carbocycles. The van der Waals surface area contributed by atoms with Crippen LogP contribution in [0.5, 0.6) is 5.75 Å². The normalized spacial score (nSPS) is 11.6. The van der Waals surface area contributed by atoms with Gasteiger partial charge in [0.2, 0.25) is 0 Å². The van der Waals surface area contributed by atoms with E-state index in [0.717, 1.165) is 22.4 Å². The average Bonchev–Trinajstić information content (AvgIpc) is 3.02. The van der Waals surface area contributed by atoms with Crippen LogP contribution in [0.4, 0.5) is 0 Å². The molecule has 0 saturated heterocycles. The van der Waals surface area contributed by atoms with Crippen LogP contribution in [0.15, 0.2) is 97.3 Å². The van der Waals surface area contributed by atoms with Gasteiger partial charge in [-0.1, -0.05) is 36.4 Å². The molecule has 0 aliphatic rings. The number of ether oxygens (including phenoxy) is 1. The fourth-order valence-corrected chi connectivity index (χ4v) is 4.47. The Morgan fingerprint density at radius 3 is 2.27 bits per heavy atom. The fourth-order valence-electron chi connectivity index (χ4n) is 4.47. The highest BCUT2D eigenvalue weighted by Gasteiger charge is 2.20. The van der Waals surface area contributed by atoms with Crippen molar-refractivity contribution in [2.75, 3.05) is 40.9 Å². The lowest BCUT2D eigenvalue weighted by Gasteiger charge is -2.25. The lowest BCUT2D eigenvalue weighted by atomic mass is 10.0. The number of amides is 2. The lowest BCUT2D eigenvalue weighted by molar-refractivity contribution is 0.0731. The summed E-state index contributed by atoms with van der Waals surface area (Å²) in [5.74, 6) is 0.289. The predicted molar refractivity (Wildman–Crippen MR) is 160 cm³/mol. The molecule has 41 heavy (non-hydrogen) atoms. The maximum atomic E-state index is 13.7. The van der Waals surface area contributed by atoms with Crippen molar-refractivity contribution in [3.05, 3.63) is 120 Å². The summed E-state index contributed by atoms with van der Waals surface area (Å²) in [7, 11) is 5.56. The van der Waals surface area contributed by atoms with E-state index >= 15 is 0 Å². The molecule has 8 nitrogen and oxygen atoms in total. The number of carbonyl (C=O) groups excluding carboxylic acids is 2. The first kappa shape index (κ1) is 29.5. The third-order valence-electron chi connectivity index (χ3n) is 6.80. The molecule has 4 rings (SSSR count). The molecule has 0 radical (unpaired) electrons. The van der Waals surface area contributed by atoms with E-state index in [4.69, 9.17) is 4.74 Å². The molecular formula is C33H36N4O4. The first-order chi connectivity index (χ1) is 19.9. The summed E-state index contributed by atoms with van der Waals surface area (Å²) in [6.07, 6.45) is 3.45. The molecule has 0 fully saturated rings. The Hall–Kier alpha value is -4.53. The molecule has 1 aromatic heterocycles. The average molecular weight is 553 g/mol. The summed E-state index contributed by atoms with van der Waals surface area (Å²) < 4.78 is 5.35. The zero-order valence-electron chi connectivity index (χ0n) is 23.7. The highest BCUT2D eigenvalue weighted by atomic mass is 16.5. The molecule has 8 heteroatoms. The van der Waals surface area contributed by atoms with Crippen molar-refractivity contribution in [1.82, 2.24) is 20.1 Å². The second-order valence-corrected chi connectivity index (χ2v) is 10.0. The number of rotatable bonds is 12. The van der Waals surface area contributed by atoms with Gasteiger partial charge in [0.05, 0.1) is 19.8 Å². The van der Waals surface area contributed by atoms with Crippen molar-refractivity contribution in [3.63, 3.8) is 0 Å². The third kappa shape index (κ3) is 8.00. The SMILES string of the molecule is COc1cccc(CN(CCN(C)C)C(=O)c2cccc([C@@H](CO)NC(=O)c3ccc(-c4ccncc4)cc3)c2)c1. The number of carbonyl (C=O) groups is 2. The van der Waals surface area contributed by atoms with Crippen LogP contribution in [0.25, 0.3) is 11.1 Å². The summed E-state index contributed by atoms with van der Waals surface area (Å²) in [6, 6.07) is 25.1. The quantitative estimate of drug-likeness (QED) is 0.270. The maximum absolute atomic E-state index is 13.7. The Labute approximate surface area is 241 Å². The Morgan fingerprint density at radius 1 is 0.878 bits per heavy atom. The molecule has 2 amide bonds. The molecule has 0 saturated carbocycles. The lowest BCUT2D eigenvalue weighted by Crippen LogP contribution is -2.36. The van der Waals surface area contributed by atoms with Gasteiger partial charge in [0.1, 0.15) is 5.75 Å². The smallest absolute Gasteiger partial charge is 0.254 e. The second-order valence-electron chi connectivity index (χ2n) is 10.0. The Kier molecular flexibility index (Phi) is 10.2. The van der Waals surface area contributed by atoms with E-state index in [-0.39, 0.29) is 18.4 Å². The number of methoxy groups -OCH3 is 1. The maximum Gasteiger partial charge on any atom is 0.254 e. The Morgan fingerprint density at radius 2 is 1.59 bits per heavy atom. The number of hydrogen-bond donors (Lipinski definition) is 2. The topological polar surface area (TPSA) is 95.0 Å². The van der Waals surface area contributed by atoms with Gasteiger partial charge in [-0.05, 0) is 84.9 Å². The molecule has 0 aliphatic heterocycles. The number of nitrogens with one attached hydrogen (secondary N) is 1. The molecule has 4 aromatic rings. The largest absolute Gasteiger partial charge is 0.497 e. The molecule has 1 atom stereocenters. The Bertz CT molecular complexity index is 1440. The summed E-state index contributed by atoms with van der Waals surface area (Å²) >= 11 is 0. The van der Waals surface area contributed by atoms with E-state index in [0.29, 0.717) is 36.3 Å².